The van der Waals surface area contributed by atoms with Crippen molar-refractivity contribution >= 4 is 21.4 Å². The maximum atomic E-state index is 11.2. The van der Waals surface area contributed by atoms with E-state index in [2.05, 4.69) is 0 Å². The van der Waals surface area contributed by atoms with Crippen molar-refractivity contribution in [3.05, 3.63) is 22.4 Å². The van der Waals surface area contributed by atoms with E-state index in [1.807, 2.05) is 38.3 Å². The summed E-state index contributed by atoms with van der Waals surface area (Å²) in [6.07, 6.45) is 0. The van der Waals surface area contributed by atoms with Crippen LogP contribution < -0.4 is 5.14 Å². The van der Waals surface area contributed by atoms with Gasteiger partial charge >= 0.3 is 0 Å². The maximum absolute atomic E-state index is 11.2. The third-order valence-corrected chi connectivity index (χ3v) is 4.52. The highest BCUT2D eigenvalue weighted by Crippen LogP contribution is 2.27. The first-order chi connectivity index (χ1) is 8.18. The smallest absolute Gasteiger partial charge is 0.209 e. The lowest BCUT2D eigenvalue weighted by Gasteiger charge is -2.29. The predicted molar refractivity (Wildman–Crippen MR) is 74.9 cm³/mol. The predicted octanol–water partition coefficient (Wildman–Crippen LogP) is 2.22. The lowest BCUT2D eigenvalue weighted by molar-refractivity contribution is 0.0565. The number of ether oxygens (including phenoxy) is 1. The molecule has 0 saturated carbocycles. The Morgan fingerprint density at radius 1 is 1.44 bits per heavy atom. The molecule has 6 heteroatoms. The minimum Gasteiger partial charge on any atom is -0.376 e. The third kappa shape index (κ3) is 5.95. The van der Waals surface area contributed by atoms with Crippen molar-refractivity contribution in [3.63, 3.8) is 0 Å². The van der Waals surface area contributed by atoms with E-state index in [0.29, 0.717) is 13.2 Å². The van der Waals surface area contributed by atoms with Crippen LogP contribution in [0.1, 0.15) is 25.6 Å². The first-order valence-corrected chi connectivity index (χ1v) is 8.38. The number of nitrogens with two attached hydrogens (primary N) is 1. The van der Waals surface area contributed by atoms with Crippen molar-refractivity contribution in [1.29, 1.82) is 0 Å². The number of hydrogen-bond donors (Lipinski definition) is 1. The lowest BCUT2D eigenvalue weighted by Crippen LogP contribution is -2.34. The van der Waals surface area contributed by atoms with Gasteiger partial charge in [-0.3, -0.25) is 0 Å². The molecule has 104 valence electrons. The lowest BCUT2D eigenvalue weighted by atomic mass is 9.82. The molecule has 0 saturated heterocycles. The van der Waals surface area contributed by atoms with Crippen LogP contribution in [-0.4, -0.2) is 20.8 Å². The summed E-state index contributed by atoms with van der Waals surface area (Å²) in [5.41, 5.74) is -0.151. The van der Waals surface area contributed by atoms with Gasteiger partial charge in [-0.15, -0.1) is 11.3 Å². The highest BCUT2D eigenvalue weighted by atomic mass is 32.2. The monoisotopic (exact) mass is 291 g/mol. The van der Waals surface area contributed by atoms with Crippen molar-refractivity contribution in [1.82, 2.24) is 0 Å². The molecular formula is C12H21NO3S2. The van der Waals surface area contributed by atoms with Crippen LogP contribution in [0.25, 0.3) is 0 Å². The van der Waals surface area contributed by atoms with Gasteiger partial charge in [-0.2, -0.15) is 0 Å². The van der Waals surface area contributed by atoms with Crippen LogP contribution in [0.3, 0.4) is 0 Å². The molecule has 0 aliphatic rings. The zero-order valence-electron chi connectivity index (χ0n) is 11.0. The molecule has 0 radical (unpaired) electrons. The highest BCUT2D eigenvalue weighted by molar-refractivity contribution is 7.89. The summed E-state index contributed by atoms with van der Waals surface area (Å²) in [4.78, 5) is 1.14. The molecule has 0 aromatic carbocycles. The molecular weight excluding hydrogens is 270 g/mol. The van der Waals surface area contributed by atoms with E-state index in [0.717, 1.165) is 4.88 Å². The van der Waals surface area contributed by atoms with Gasteiger partial charge in [-0.05, 0) is 16.9 Å². The standard InChI is InChI=1S/C12H21NO3S2/c1-12(2,3)10(9-18(13,14)15)7-16-8-11-5-4-6-17-11/h4-6,10H,7-9H2,1-3H3,(H2,13,14,15). The van der Waals surface area contributed by atoms with Gasteiger partial charge in [0.15, 0.2) is 0 Å². The highest BCUT2D eigenvalue weighted by Gasteiger charge is 2.28. The van der Waals surface area contributed by atoms with Crippen LogP contribution in [0, 0.1) is 11.3 Å². The van der Waals surface area contributed by atoms with Gasteiger partial charge in [0.1, 0.15) is 0 Å². The van der Waals surface area contributed by atoms with Crippen LogP contribution in [0.15, 0.2) is 17.5 Å². The Hall–Kier alpha value is -0.430. The SMILES string of the molecule is CC(C)(C)C(COCc1cccs1)CS(N)(=O)=O. The first kappa shape index (κ1) is 15.6. The molecule has 1 aromatic heterocycles. The summed E-state index contributed by atoms with van der Waals surface area (Å²) < 4.78 is 28.0. The van der Waals surface area contributed by atoms with E-state index in [4.69, 9.17) is 9.88 Å². The second-order valence-electron chi connectivity index (χ2n) is 5.49. The number of rotatable bonds is 6. The van der Waals surface area contributed by atoms with Gasteiger partial charge in [0.25, 0.3) is 0 Å². The van der Waals surface area contributed by atoms with E-state index in [-0.39, 0.29) is 17.1 Å². The molecule has 1 atom stereocenters. The zero-order valence-corrected chi connectivity index (χ0v) is 12.7. The molecule has 1 aromatic rings. The van der Waals surface area contributed by atoms with Crippen molar-refractivity contribution in [2.75, 3.05) is 12.4 Å². The van der Waals surface area contributed by atoms with E-state index in [1.54, 1.807) is 11.3 Å². The molecule has 0 bridgehead atoms. The Labute approximate surface area is 113 Å². The Morgan fingerprint density at radius 3 is 2.56 bits per heavy atom. The Morgan fingerprint density at radius 2 is 2.11 bits per heavy atom. The molecule has 4 nitrogen and oxygen atoms in total. The minimum absolute atomic E-state index is 0.0407. The largest absolute Gasteiger partial charge is 0.376 e. The van der Waals surface area contributed by atoms with Gasteiger partial charge < -0.3 is 4.74 Å². The number of hydrogen-bond acceptors (Lipinski definition) is 4. The quantitative estimate of drug-likeness (QED) is 0.873. The first-order valence-electron chi connectivity index (χ1n) is 5.79. The molecule has 0 amide bonds. The Bertz CT molecular complexity index is 446. The van der Waals surface area contributed by atoms with Crippen LogP contribution in [0.5, 0.6) is 0 Å². The second kappa shape index (κ2) is 6.14. The van der Waals surface area contributed by atoms with Gasteiger partial charge in [0.05, 0.1) is 19.0 Å². The minimum atomic E-state index is -3.47. The molecule has 0 aliphatic carbocycles. The fraction of sp³-hybridized carbons (Fsp3) is 0.667. The normalized spacial score (nSPS) is 14.7. The molecule has 0 fully saturated rings. The van der Waals surface area contributed by atoms with E-state index in [1.165, 1.54) is 0 Å². The van der Waals surface area contributed by atoms with Gasteiger partial charge in [0, 0.05) is 10.8 Å². The topological polar surface area (TPSA) is 69.4 Å². The molecule has 18 heavy (non-hydrogen) atoms. The van der Waals surface area contributed by atoms with E-state index < -0.39 is 10.0 Å². The summed E-state index contributed by atoms with van der Waals surface area (Å²) in [6.45, 7) is 6.92. The number of primary sulfonamides is 1. The summed E-state index contributed by atoms with van der Waals surface area (Å²) in [5, 5.41) is 7.11. The second-order valence-corrected chi connectivity index (χ2v) is 8.18. The molecule has 1 rings (SSSR count). The van der Waals surface area contributed by atoms with Gasteiger partial charge in [-0.25, -0.2) is 13.6 Å². The van der Waals surface area contributed by atoms with Crippen molar-refractivity contribution in [2.45, 2.75) is 27.4 Å². The van der Waals surface area contributed by atoms with Crippen LogP contribution >= 0.6 is 11.3 Å². The maximum Gasteiger partial charge on any atom is 0.209 e. The molecule has 1 heterocycles. The van der Waals surface area contributed by atoms with Crippen molar-refractivity contribution in [2.24, 2.45) is 16.5 Å². The Balaban J connectivity index is 2.52. The molecule has 1 unspecified atom stereocenters. The molecule has 2 N–H and O–H groups in total. The van der Waals surface area contributed by atoms with Crippen molar-refractivity contribution < 1.29 is 13.2 Å². The zero-order chi connectivity index (χ0) is 13.8. The van der Waals surface area contributed by atoms with Crippen LogP contribution in [-0.2, 0) is 21.4 Å². The summed E-state index contributed by atoms with van der Waals surface area (Å²) in [7, 11) is -3.47. The average Bonchev–Trinajstić information content (AvgIpc) is 2.65. The number of thiophene rings is 1. The van der Waals surface area contributed by atoms with Gasteiger partial charge in [0.2, 0.25) is 10.0 Å². The van der Waals surface area contributed by atoms with E-state index in [9.17, 15) is 8.42 Å². The van der Waals surface area contributed by atoms with E-state index >= 15 is 0 Å². The fourth-order valence-corrected chi connectivity index (χ4v) is 3.32. The molecule has 0 spiro atoms. The Kier molecular flexibility index (Phi) is 5.33. The summed E-state index contributed by atoms with van der Waals surface area (Å²) in [5.74, 6) is -0.145. The third-order valence-electron chi connectivity index (χ3n) is 2.80. The summed E-state index contributed by atoms with van der Waals surface area (Å²) >= 11 is 1.63. The number of sulfonamides is 1. The average molecular weight is 291 g/mol. The van der Waals surface area contributed by atoms with Gasteiger partial charge in [-0.1, -0.05) is 26.8 Å². The van der Waals surface area contributed by atoms with Crippen LogP contribution in [0.4, 0.5) is 0 Å². The summed E-state index contributed by atoms with van der Waals surface area (Å²) in [6, 6.07) is 3.96. The van der Waals surface area contributed by atoms with Crippen LogP contribution in [0.2, 0.25) is 0 Å². The fourth-order valence-electron chi connectivity index (χ4n) is 1.53. The van der Waals surface area contributed by atoms with Crippen molar-refractivity contribution in [3.8, 4) is 0 Å². The molecule has 0 aliphatic heterocycles.